The topological polar surface area (TPSA) is 158 Å². The Bertz CT molecular complexity index is 1120. The third-order valence-corrected chi connectivity index (χ3v) is 10.1. The molecule has 2 atom stereocenters. The zero-order valence-electron chi connectivity index (χ0n) is 33.1. The third-order valence-electron chi connectivity index (χ3n) is 8.55. The van der Waals surface area contributed by atoms with Crippen molar-refractivity contribution < 1.29 is 41.7 Å². The van der Waals surface area contributed by atoms with E-state index in [1.165, 1.54) is 0 Å². The molecule has 0 aromatic carbocycles. The summed E-state index contributed by atoms with van der Waals surface area (Å²) in [4.78, 5) is 39.1. The molecule has 0 saturated heterocycles. The molecule has 0 spiro atoms. The Balaban J connectivity index is 4.61. The van der Waals surface area contributed by atoms with E-state index in [9.17, 15) is 22.8 Å². The lowest BCUT2D eigenvalue weighted by atomic mass is 9.73. The molecule has 12 nitrogen and oxygen atoms in total. The Hall–Kier alpha value is -1.48. The highest BCUT2D eigenvalue weighted by Crippen LogP contribution is 2.37. The molecule has 0 radical (unpaired) electrons. The van der Waals surface area contributed by atoms with E-state index in [0.29, 0.717) is 72.0 Å². The van der Waals surface area contributed by atoms with E-state index in [1.54, 1.807) is 27.7 Å². The Labute approximate surface area is 298 Å². The molecule has 3 N–H and O–H groups in total. The molecule has 0 bridgehead atoms. The molecule has 0 aromatic rings. The van der Waals surface area contributed by atoms with Crippen molar-refractivity contribution >= 4 is 27.5 Å². The SMILES string of the molecule is CCOCCOCCNC(C)(C)C(=O)COCCOCCNC(C)(C)C(=O)C(C)(C)CC(C)CS(=O)(=O)NC(=O)C(C)(CC)CC(C)(C)C. The first kappa shape index (κ1) is 47.5. The van der Waals surface area contributed by atoms with Crippen LogP contribution in [0.25, 0.3) is 0 Å². The molecule has 0 aromatic heterocycles. The van der Waals surface area contributed by atoms with E-state index in [4.69, 9.17) is 18.9 Å². The molecule has 0 saturated carbocycles. The predicted molar refractivity (Wildman–Crippen MR) is 195 cm³/mol. The normalized spacial score (nSPS) is 15.1. The van der Waals surface area contributed by atoms with Crippen molar-refractivity contribution in [2.24, 2.45) is 22.2 Å². The molecule has 49 heavy (non-hydrogen) atoms. The number of carbonyl (C=O) groups excluding carboxylic acids is 3. The largest absolute Gasteiger partial charge is 0.379 e. The number of sulfonamides is 1. The lowest BCUT2D eigenvalue weighted by Gasteiger charge is -2.36. The molecule has 0 fully saturated rings. The number of amides is 1. The number of ether oxygens (including phenoxy) is 4. The van der Waals surface area contributed by atoms with Gasteiger partial charge in [0.25, 0.3) is 0 Å². The van der Waals surface area contributed by atoms with Crippen molar-refractivity contribution in [3.05, 3.63) is 0 Å². The average molecular weight is 722 g/mol. The van der Waals surface area contributed by atoms with E-state index in [0.717, 1.165) is 0 Å². The summed E-state index contributed by atoms with van der Waals surface area (Å²) in [5.41, 5.74) is -3.39. The molecule has 290 valence electrons. The van der Waals surface area contributed by atoms with Crippen molar-refractivity contribution in [1.82, 2.24) is 15.4 Å². The maximum absolute atomic E-state index is 13.6. The van der Waals surface area contributed by atoms with Crippen LogP contribution in [-0.2, 0) is 43.4 Å². The summed E-state index contributed by atoms with van der Waals surface area (Å²) in [7, 11) is -3.89. The number of Topliss-reactive ketones (excluding diaryl/α,β-unsaturated/α-hetero) is 2. The highest BCUT2D eigenvalue weighted by molar-refractivity contribution is 7.90. The Kier molecular flexibility index (Phi) is 20.5. The fourth-order valence-electron chi connectivity index (χ4n) is 6.07. The van der Waals surface area contributed by atoms with Crippen LogP contribution in [0, 0.1) is 22.2 Å². The van der Waals surface area contributed by atoms with Gasteiger partial charge in [0.15, 0.2) is 11.6 Å². The van der Waals surface area contributed by atoms with Crippen LogP contribution in [0.4, 0.5) is 0 Å². The number of hydrogen-bond donors (Lipinski definition) is 3. The highest BCUT2D eigenvalue weighted by Gasteiger charge is 2.41. The van der Waals surface area contributed by atoms with E-state index in [-0.39, 0.29) is 41.9 Å². The predicted octanol–water partition coefficient (Wildman–Crippen LogP) is 4.30. The van der Waals surface area contributed by atoms with E-state index in [1.807, 2.05) is 62.3 Å². The van der Waals surface area contributed by atoms with Crippen molar-refractivity contribution in [2.45, 2.75) is 120 Å². The molecule has 0 heterocycles. The molecule has 0 aliphatic heterocycles. The van der Waals surface area contributed by atoms with Gasteiger partial charge in [0, 0.05) is 30.5 Å². The standard InChI is InChI=1S/C36H71N3O9S/c1-14-36(13,27-32(4,5)6)31(42)39-49(43,44)26-28(3)24-33(7,8)30(41)35(11,12)38-17-19-47-22-23-48-25-29(40)34(9,10)37-16-18-46-21-20-45-15-2/h28,37-38H,14-27H2,1-13H3,(H,39,42). The average Bonchev–Trinajstić information content (AvgIpc) is 2.95. The van der Waals surface area contributed by atoms with Gasteiger partial charge in [0.2, 0.25) is 15.9 Å². The summed E-state index contributed by atoms with van der Waals surface area (Å²) in [6.07, 6.45) is 1.41. The van der Waals surface area contributed by atoms with Crippen LogP contribution in [0.2, 0.25) is 0 Å². The van der Waals surface area contributed by atoms with Crippen LogP contribution in [0.3, 0.4) is 0 Å². The smallest absolute Gasteiger partial charge is 0.239 e. The Morgan fingerprint density at radius 3 is 1.67 bits per heavy atom. The van der Waals surface area contributed by atoms with Crippen LogP contribution in [-0.4, -0.2) is 109 Å². The van der Waals surface area contributed by atoms with Crippen LogP contribution in [0.15, 0.2) is 0 Å². The zero-order chi connectivity index (χ0) is 38.2. The third kappa shape index (κ3) is 19.6. The van der Waals surface area contributed by atoms with Gasteiger partial charge in [-0.15, -0.1) is 0 Å². The second-order valence-electron chi connectivity index (χ2n) is 16.4. The lowest BCUT2D eigenvalue weighted by molar-refractivity contribution is -0.133. The summed E-state index contributed by atoms with van der Waals surface area (Å²) in [5.74, 6) is -1.22. The molecule has 0 rings (SSSR count). The van der Waals surface area contributed by atoms with Gasteiger partial charge >= 0.3 is 0 Å². The Morgan fingerprint density at radius 1 is 0.694 bits per heavy atom. The first-order chi connectivity index (χ1) is 22.3. The van der Waals surface area contributed by atoms with Gasteiger partial charge in [-0.2, -0.15) is 0 Å². The van der Waals surface area contributed by atoms with Gasteiger partial charge in [0.05, 0.1) is 56.5 Å². The van der Waals surface area contributed by atoms with Crippen LogP contribution in [0.5, 0.6) is 0 Å². The van der Waals surface area contributed by atoms with Gasteiger partial charge < -0.3 is 29.6 Å². The monoisotopic (exact) mass is 721 g/mol. The lowest BCUT2D eigenvalue weighted by Crippen LogP contribution is -2.53. The van der Waals surface area contributed by atoms with Gasteiger partial charge in [-0.1, -0.05) is 55.4 Å². The summed E-state index contributed by atoms with van der Waals surface area (Å²) < 4.78 is 50.1. The second-order valence-corrected chi connectivity index (χ2v) is 18.2. The maximum atomic E-state index is 13.6. The fraction of sp³-hybridized carbons (Fsp3) is 0.917. The first-order valence-electron chi connectivity index (χ1n) is 17.8. The van der Waals surface area contributed by atoms with E-state index < -0.39 is 37.8 Å². The first-order valence-corrected chi connectivity index (χ1v) is 19.4. The summed E-state index contributed by atoms with van der Waals surface area (Å²) in [6.45, 7) is 28.4. The van der Waals surface area contributed by atoms with Crippen molar-refractivity contribution in [2.75, 3.05) is 71.7 Å². The summed E-state index contributed by atoms with van der Waals surface area (Å²) in [5, 5.41) is 6.44. The second kappa shape index (κ2) is 21.1. The van der Waals surface area contributed by atoms with E-state index >= 15 is 0 Å². The molecule has 2 unspecified atom stereocenters. The van der Waals surface area contributed by atoms with Crippen LogP contribution >= 0.6 is 0 Å². The minimum Gasteiger partial charge on any atom is -0.379 e. The minimum absolute atomic E-state index is 0.0369. The summed E-state index contributed by atoms with van der Waals surface area (Å²) in [6, 6.07) is 0. The molecule has 13 heteroatoms. The number of ketones is 2. The quantitative estimate of drug-likeness (QED) is 0.0990. The van der Waals surface area contributed by atoms with Crippen LogP contribution < -0.4 is 15.4 Å². The van der Waals surface area contributed by atoms with Crippen molar-refractivity contribution in [3.8, 4) is 0 Å². The molecular weight excluding hydrogens is 650 g/mol. The van der Waals surface area contributed by atoms with Crippen molar-refractivity contribution in [1.29, 1.82) is 0 Å². The maximum Gasteiger partial charge on any atom is 0.239 e. The van der Waals surface area contributed by atoms with Gasteiger partial charge in [-0.3, -0.25) is 19.1 Å². The minimum atomic E-state index is -3.89. The van der Waals surface area contributed by atoms with Gasteiger partial charge in [-0.25, -0.2) is 8.42 Å². The Morgan fingerprint density at radius 2 is 1.18 bits per heavy atom. The number of rotatable bonds is 28. The van der Waals surface area contributed by atoms with Gasteiger partial charge in [-0.05, 0) is 65.2 Å². The number of carbonyl (C=O) groups is 3. The zero-order valence-corrected chi connectivity index (χ0v) is 33.9. The highest BCUT2D eigenvalue weighted by atomic mass is 32.2. The van der Waals surface area contributed by atoms with Crippen molar-refractivity contribution in [3.63, 3.8) is 0 Å². The fourth-order valence-corrected chi connectivity index (χ4v) is 7.54. The number of hydrogen-bond acceptors (Lipinski definition) is 11. The van der Waals surface area contributed by atoms with Gasteiger partial charge in [0.1, 0.15) is 6.61 Å². The number of nitrogens with one attached hydrogen (secondary N) is 3. The van der Waals surface area contributed by atoms with Crippen LogP contribution in [0.1, 0.15) is 109 Å². The molecule has 0 aliphatic carbocycles. The van der Waals surface area contributed by atoms with E-state index in [2.05, 4.69) is 15.4 Å². The molecule has 0 aliphatic rings. The molecule has 1 amide bonds. The summed E-state index contributed by atoms with van der Waals surface area (Å²) >= 11 is 0. The molecular formula is C36H71N3O9S.